The maximum atomic E-state index is 10.8. The molecule has 0 aliphatic rings. The number of carboxylic acids is 1. The second-order valence-electron chi connectivity index (χ2n) is 3.38. The lowest BCUT2D eigenvalue weighted by atomic mass is 10.3. The van der Waals surface area contributed by atoms with Gasteiger partial charge in [0.15, 0.2) is 5.69 Å². The van der Waals surface area contributed by atoms with Crippen LogP contribution >= 0.6 is 0 Å². The van der Waals surface area contributed by atoms with Gasteiger partial charge in [0, 0.05) is 0 Å². The highest BCUT2D eigenvalue weighted by molar-refractivity contribution is 5.91. The number of benzene rings is 1. The van der Waals surface area contributed by atoms with E-state index in [9.17, 15) is 4.79 Å². The molecule has 0 atom stereocenters. The minimum Gasteiger partial charge on any atom is -0.497 e. The molecule has 2 rings (SSSR count). The fourth-order valence-electron chi connectivity index (χ4n) is 1.42. The average molecular weight is 233 g/mol. The van der Waals surface area contributed by atoms with Crippen LogP contribution in [0.15, 0.2) is 30.5 Å². The molecule has 0 amide bonds. The summed E-state index contributed by atoms with van der Waals surface area (Å²) in [6, 6.07) is 7.04. The first kappa shape index (κ1) is 11.0. The van der Waals surface area contributed by atoms with Crippen molar-refractivity contribution in [3.05, 3.63) is 36.2 Å². The summed E-state index contributed by atoms with van der Waals surface area (Å²) < 4.78 is 6.44. The van der Waals surface area contributed by atoms with Crippen molar-refractivity contribution in [2.75, 3.05) is 12.8 Å². The van der Waals surface area contributed by atoms with Crippen LogP contribution in [0.2, 0.25) is 0 Å². The Labute approximate surface area is 97.2 Å². The van der Waals surface area contributed by atoms with Crippen LogP contribution in [-0.2, 0) is 0 Å². The van der Waals surface area contributed by atoms with E-state index < -0.39 is 5.97 Å². The number of carboxylic acid groups (broad SMARTS) is 1. The van der Waals surface area contributed by atoms with Crippen LogP contribution in [0.5, 0.6) is 5.75 Å². The summed E-state index contributed by atoms with van der Waals surface area (Å²) in [6.07, 6.45) is 1.46. The summed E-state index contributed by atoms with van der Waals surface area (Å²) >= 11 is 0. The van der Waals surface area contributed by atoms with Crippen molar-refractivity contribution in [3.8, 4) is 11.4 Å². The Morgan fingerprint density at radius 1 is 1.41 bits per heavy atom. The summed E-state index contributed by atoms with van der Waals surface area (Å²) in [7, 11) is 1.57. The van der Waals surface area contributed by atoms with Crippen LogP contribution < -0.4 is 10.5 Å². The monoisotopic (exact) mass is 233 g/mol. The fourth-order valence-corrected chi connectivity index (χ4v) is 1.42. The Kier molecular flexibility index (Phi) is 2.70. The van der Waals surface area contributed by atoms with Crippen molar-refractivity contribution in [1.82, 2.24) is 9.78 Å². The SMILES string of the molecule is COc1ccc(-n2cc(N)c(C(=O)O)n2)cc1. The van der Waals surface area contributed by atoms with Gasteiger partial charge in [-0.2, -0.15) is 5.10 Å². The predicted octanol–water partition coefficient (Wildman–Crippen LogP) is 1.16. The van der Waals surface area contributed by atoms with Crippen LogP contribution in [0.4, 0.5) is 5.69 Å². The molecule has 1 aromatic carbocycles. The Balaban J connectivity index is 2.39. The molecule has 88 valence electrons. The van der Waals surface area contributed by atoms with Gasteiger partial charge in [0.25, 0.3) is 0 Å². The molecular formula is C11H11N3O3. The minimum absolute atomic E-state index is 0.133. The first-order valence-electron chi connectivity index (χ1n) is 4.84. The minimum atomic E-state index is -1.14. The number of ether oxygens (including phenoxy) is 1. The standard InChI is InChI=1S/C11H11N3O3/c1-17-8-4-2-7(3-5-8)14-6-9(12)10(13-14)11(15)16/h2-6H,12H2,1H3,(H,15,16). The lowest BCUT2D eigenvalue weighted by molar-refractivity contribution is 0.0691. The molecule has 0 saturated carbocycles. The molecule has 1 aromatic heterocycles. The first-order chi connectivity index (χ1) is 8.11. The number of methoxy groups -OCH3 is 1. The van der Waals surface area contributed by atoms with Gasteiger partial charge in [0.05, 0.1) is 24.7 Å². The van der Waals surface area contributed by atoms with E-state index in [2.05, 4.69) is 5.10 Å². The number of carbonyl (C=O) groups is 1. The highest BCUT2D eigenvalue weighted by Crippen LogP contribution is 2.17. The van der Waals surface area contributed by atoms with E-state index in [1.54, 1.807) is 31.4 Å². The Morgan fingerprint density at radius 2 is 2.06 bits per heavy atom. The van der Waals surface area contributed by atoms with Crippen molar-refractivity contribution in [2.45, 2.75) is 0 Å². The number of nitrogens with zero attached hydrogens (tertiary/aromatic N) is 2. The number of aromatic nitrogens is 2. The quantitative estimate of drug-likeness (QED) is 0.830. The van der Waals surface area contributed by atoms with E-state index in [0.717, 1.165) is 0 Å². The molecule has 0 aliphatic heterocycles. The molecule has 0 unspecified atom stereocenters. The topological polar surface area (TPSA) is 90.4 Å². The molecule has 1 heterocycles. The van der Waals surface area contributed by atoms with Crippen molar-refractivity contribution >= 4 is 11.7 Å². The maximum Gasteiger partial charge on any atom is 0.358 e. The molecule has 2 aromatic rings. The Morgan fingerprint density at radius 3 is 2.53 bits per heavy atom. The summed E-state index contributed by atoms with van der Waals surface area (Å²) in [6.45, 7) is 0. The van der Waals surface area contributed by atoms with Gasteiger partial charge >= 0.3 is 5.97 Å². The summed E-state index contributed by atoms with van der Waals surface area (Å²) in [5, 5.41) is 12.7. The van der Waals surface area contributed by atoms with Crippen molar-refractivity contribution in [1.29, 1.82) is 0 Å². The van der Waals surface area contributed by atoms with Gasteiger partial charge in [-0.1, -0.05) is 0 Å². The van der Waals surface area contributed by atoms with E-state index in [-0.39, 0.29) is 11.4 Å². The molecule has 17 heavy (non-hydrogen) atoms. The van der Waals surface area contributed by atoms with Crippen molar-refractivity contribution < 1.29 is 14.6 Å². The molecule has 0 spiro atoms. The smallest absolute Gasteiger partial charge is 0.358 e. The molecule has 6 heteroatoms. The molecule has 0 radical (unpaired) electrons. The van der Waals surface area contributed by atoms with Gasteiger partial charge < -0.3 is 15.6 Å². The normalized spacial score (nSPS) is 10.2. The van der Waals surface area contributed by atoms with Gasteiger partial charge in [-0.3, -0.25) is 0 Å². The molecular weight excluding hydrogens is 222 g/mol. The van der Waals surface area contributed by atoms with Gasteiger partial charge in [0.1, 0.15) is 5.75 Å². The average Bonchev–Trinajstić information content (AvgIpc) is 2.71. The van der Waals surface area contributed by atoms with Gasteiger partial charge in [-0.15, -0.1) is 0 Å². The van der Waals surface area contributed by atoms with E-state index in [4.69, 9.17) is 15.6 Å². The van der Waals surface area contributed by atoms with E-state index in [0.29, 0.717) is 11.4 Å². The third-order valence-electron chi connectivity index (χ3n) is 2.28. The zero-order valence-electron chi connectivity index (χ0n) is 9.12. The van der Waals surface area contributed by atoms with Gasteiger partial charge in [0.2, 0.25) is 0 Å². The molecule has 0 fully saturated rings. The number of nitrogen functional groups attached to an aromatic ring is 1. The summed E-state index contributed by atoms with van der Waals surface area (Å²) in [5.41, 5.74) is 6.24. The molecule has 6 nitrogen and oxygen atoms in total. The number of hydrogen-bond donors (Lipinski definition) is 2. The fraction of sp³-hybridized carbons (Fsp3) is 0.0909. The van der Waals surface area contributed by atoms with Crippen LogP contribution in [0.1, 0.15) is 10.5 Å². The number of hydrogen-bond acceptors (Lipinski definition) is 4. The van der Waals surface area contributed by atoms with Crippen molar-refractivity contribution in [2.24, 2.45) is 0 Å². The maximum absolute atomic E-state index is 10.8. The first-order valence-corrected chi connectivity index (χ1v) is 4.84. The van der Waals surface area contributed by atoms with Gasteiger partial charge in [-0.25, -0.2) is 9.48 Å². The highest BCUT2D eigenvalue weighted by atomic mass is 16.5. The third-order valence-corrected chi connectivity index (χ3v) is 2.28. The Hall–Kier alpha value is -2.50. The van der Waals surface area contributed by atoms with E-state index >= 15 is 0 Å². The molecule has 3 N–H and O–H groups in total. The van der Waals surface area contributed by atoms with Crippen LogP contribution in [0.25, 0.3) is 5.69 Å². The molecule has 0 saturated heterocycles. The largest absolute Gasteiger partial charge is 0.497 e. The zero-order valence-corrected chi connectivity index (χ0v) is 9.12. The van der Waals surface area contributed by atoms with Gasteiger partial charge in [-0.05, 0) is 24.3 Å². The number of nitrogens with two attached hydrogens (primary N) is 1. The predicted molar refractivity (Wildman–Crippen MR) is 61.5 cm³/mol. The van der Waals surface area contributed by atoms with Crippen LogP contribution in [0, 0.1) is 0 Å². The van der Waals surface area contributed by atoms with Crippen molar-refractivity contribution in [3.63, 3.8) is 0 Å². The molecule has 0 aliphatic carbocycles. The second-order valence-corrected chi connectivity index (χ2v) is 3.38. The van der Waals surface area contributed by atoms with Crippen LogP contribution in [0.3, 0.4) is 0 Å². The second kappa shape index (κ2) is 4.17. The van der Waals surface area contributed by atoms with E-state index in [1.165, 1.54) is 10.9 Å². The number of rotatable bonds is 3. The lowest BCUT2D eigenvalue weighted by Gasteiger charge is -2.02. The highest BCUT2D eigenvalue weighted by Gasteiger charge is 2.13. The third kappa shape index (κ3) is 2.05. The summed E-state index contributed by atoms with van der Waals surface area (Å²) in [5.74, 6) is -0.429. The number of aromatic carboxylic acids is 1. The molecule has 0 bridgehead atoms. The number of anilines is 1. The summed E-state index contributed by atoms with van der Waals surface area (Å²) in [4.78, 5) is 10.8. The Bertz CT molecular complexity index is 546. The zero-order chi connectivity index (χ0) is 12.4. The van der Waals surface area contributed by atoms with E-state index in [1.807, 2.05) is 0 Å². The van der Waals surface area contributed by atoms with Crippen LogP contribution in [-0.4, -0.2) is 28.0 Å². The lowest BCUT2D eigenvalue weighted by Crippen LogP contribution is -2.02.